The lowest BCUT2D eigenvalue weighted by Gasteiger charge is -2.35. The molecule has 0 radical (unpaired) electrons. The molecule has 2 aliphatic heterocycles. The number of piperidine rings is 1. The molecule has 0 saturated carbocycles. The molecule has 27 heavy (non-hydrogen) atoms. The van der Waals surface area contributed by atoms with Gasteiger partial charge in [-0.2, -0.15) is 0 Å². The first-order valence-electron chi connectivity index (χ1n) is 10.1. The molecule has 1 aromatic rings. The van der Waals surface area contributed by atoms with E-state index in [1.54, 1.807) is 4.88 Å². The van der Waals surface area contributed by atoms with Gasteiger partial charge in [-0.3, -0.25) is 9.89 Å². The van der Waals surface area contributed by atoms with Gasteiger partial charge in [0, 0.05) is 50.2 Å². The third-order valence-electron chi connectivity index (χ3n) is 5.44. The molecule has 0 aromatic carbocycles. The lowest BCUT2D eigenvalue weighted by Crippen LogP contribution is -2.47. The fraction of sp³-hybridized carbons (Fsp3) is 0.750. The molecule has 0 spiro atoms. The Kier molecular flexibility index (Phi) is 9.82. The molecule has 1 atom stereocenters. The fourth-order valence-electron chi connectivity index (χ4n) is 3.88. The molecule has 3 rings (SSSR count). The predicted molar refractivity (Wildman–Crippen MR) is 126 cm³/mol. The van der Waals surface area contributed by atoms with E-state index in [0.717, 1.165) is 64.7 Å². The average molecular weight is 506 g/mol. The molecule has 7 heteroatoms. The lowest BCUT2D eigenvalue weighted by molar-refractivity contribution is 0.0263. The molecule has 1 unspecified atom stereocenters. The van der Waals surface area contributed by atoms with Gasteiger partial charge in [-0.1, -0.05) is 0 Å². The minimum Gasteiger partial charge on any atom is -0.378 e. The zero-order valence-corrected chi connectivity index (χ0v) is 20.1. The summed E-state index contributed by atoms with van der Waals surface area (Å²) in [4.78, 5) is 11.5. The van der Waals surface area contributed by atoms with Crippen molar-refractivity contribution >= 4 is 41.3 Å². The summed E-state index contributed by atoms with van der Waals surface area (Å²) in [6.45, 7) is 13.4. The number of rotatable bonds is 6. The number of nitrogens with zero attached hydrogens (tertiary/aromatic N) is 3. The topological polar surface area (TPSA) is 40.1 Å². The number of likely N-dealkylation sites (tertiary alicyclic amines) is 1. The second-order valence-electron chi connectivity index (χ2n) is 7.27. The maximum Gasteiger partial charge on any atom is 0.193 e. The molecule has 0 amide bonds. The van der Waals surface area contributed by atoms with E-state index in [2.05, 4.69) is 47.3 Å². The molecule has 1 aromatic heterocycles. The van der Waals surface area contributed by atoms with Crippen LogP contribution < -0.4 is 5.32 Å². The Morgan fingerprint density at radius 3 is 2.81 bits per heavy atom. The second kappa shape index (κ2) is 11.6. The summed E-state index contributed by atoms with van der Waals surface area (Å²) < 4.78 is 5.78. The molecule has 2 aliphatic rings. The zero-order valence-electron chi connectivity index (χ0n) is 16.9. The Labute approximate surface area is 185 Å². The van der Waals surface area contributed by atoms with Crippen LogP contribution in [0.4, 0.5) is 0 Å². The highest BCUT2D eigenvalue weighted by atomic mass is 127. The van der Waals surface area contributed by atoms with E-state index >= 15 is 0 Å². The van der Waals surface area contributed by atoms with E-state index in [-0.39, 0.29) is 24.0 Å². The third kappa shape index (κ3) is 6.30. The van der Waals surface area contributed by atoms with Crippen LogP contribution in [0.3, 0.4) is 0 Å². The van der Waals surface area contributed by atoms with Crippen molar-refractivity contribution in [2.24, 2.45) is 4.99 Å². The highest BCUT2D eigenvalue weighted by molar-refractivity contribution is 14.0. The number of aliphatic imine (C=N–C) groups is 1. The number of fused-ring (bicyclic) bond motifs is 1. The van der Waals surface area contributed by atoms with Crippen molar-refractivity contribution in [1.82, 2.24) is 15.1 Å². The molecule has 154 valence electrons. The first-order valence-corrected chi connectivity index (χ1v) is 11.0. The summed E-state index contributed by atoms with van der Waals surface area (Å²) in [5.74, 6) is 1.07. The molecule has 0 bridgehead atoms. The van der Waals surface area contributed by atoms with Crippen LogP contribution in [0.15, 0.2) is 16.4 Å². The predicted octanol–water partition coefficient (Wildman–Crippen LogP) is 3.58. The van der Waals surface area contributed by atoms with Gasteiger partial charge in [-0.05, 0) is 57.0 Å². The monoisotopic (exact) mass is 506 g/mol. The number of thiophene rings is 1. The summed E-state index contributed by atoms with van der Waals surface area (Å²) >= 11 is 1.91. The summed E-state index contributed by atoms with van der Waals surface area (Å²) in [5, 5.41) is 5.72. The van der Waals surface area contributed by atoms with Gasteiger partial charge in [0.15, 0.2) is 5.96 Å². The highest BCUT2D eigenvalue weighted by Gasteiger charge is 2.23. The van der Waals surface area contributed by atoms with Crippen LogP contribution in [0.2, 0.25) is 0 Å². The normalized spacial score (nSPS) is 20.1. The Morgan fingerprint density at radius 2 is 2.11 bits per heavy atom. The number of halogens is 1. The van der Waals surface area contributed by atoms with Crippen LogP contribution in [0.1, 0.15) is 44.1 Å². The van der Waals surface area contributed by atoms with Crippen LogP contribution in [0.5, 0.6) is 0 Å². The van der Waals surface area contributed by atoms with Gasteiger partial charge in [0.2, 0.25) is 0 Å². The maximum atomic E-state index is 5.78. The molecular formula is C20H35IN4OS. The van der Waals surface area contributed by atoms with Crippen LogP contribution in [0.25, 0.3) is 0 Å². The molecule has 3 heterocycles. The van der Waals surface area contributed by atoms with Gasteiger partial charge in [0.25, 0.3) is 0 Å². The summed E-state index contributed by atoms with van der Waals surface area (Å²) in [6.07, 6.45) is 3.81. The molecule has 0 aliphatic carbocycles. The van der Waals surface area contributed by atoms with Crippen molar-refractivity contribution in [2.75, 3.05) is 39.3 Å². The number of hydrogen-bond acceptors (Lipinski definition) is 4. The third-order valence-corrected chi connectivity index (χ3v) is 6.47. The van der Waals surface area contributed by atoms with Crippen LogP contribution in [-0.2, 0) is 17.7 Å². The molecule has 5 nitrogen and oxygen atoms in total. The quantitative estimate of drug-likeness (QED) is 0.364. The van der Waals surface area contributed by atoms with E-state index < -0.39 is 0 Å². The van der Waals surface area contributed by atoms with Gasteiger partial charge < -0.3 is 15.0 Å². The van der Waals surface area contributed by atoms with Crippen molar-refractivity contribution in [3.63, 3.8) is 0 Å². The van der Waals surface area contributed by atoms with Crippen LogP contribution in [-0.4, -0.2) is 67.2 Å². The van der Waals surface area contributed by atoms with Crippen LogP contribution >= 0.6 is 35.3 Å². The Hall–Kier alpha value is -0.380. The van der Waals surface area contributed by atoms with Gasteiger partial charge in [0.05, 0.1) is 12.6 Å². The van der Waals surface area contributed by atoms with Gasteiger partial charge in [-0.15, -0.1) is 35.3 Å². The van der Waals surface area contributed by atoms with Crippen molar-refractivity contribution in [1.29, 1.82) is 0 Å². The average Bonchev–Trinajstić information content (AvgIpc) is 3.13. The van der Waals surface area contributed by atoms with Crippen molar-refractivity contribution in [3.8, 4) is 0 Å². The Morgan fingerprint density at radius 1 is 1.33 bits per heavy atom. The number of ether oxygens (including phenoxy) is 1. The number of nitrogens with one attached hydrogen (secondary N) is 1. The van der Waals surface area contributed by atoms with Crippen molar-refractivity contribution in [2.45, 2.75) is 58.7 Å². The van der Waals surface area contributed by atoms with Crippen molar-refractivity contribution in [3.05, 3.63) is 21.9 Å². The van der Waals surface area contributed by atoms with Gasteiger partial charge in [-0.25, -0.2) is 0 Å². The van der Waals surface area contributed by atoms with E-state index in [0.29, 0.717) is 12.1 Å². The fourth-order valence-corrected chi connectivity index (χ4v) is 4.77. The van der Waals surface area contributed by atoms with Gasteiger partial charge >= 0.3 is 0 Å². The number of hydrogen-bond donors (Lipinski definition) is 1. The smallest absolute Gasteiger partial charge is 0.193 e. The van der Waals surface area contributed by atoms with E-state index in [1.165, 1.54) is 12.0 Å². The Bertz CT molecular complexity index is 586. The van der Waals surface area contributed by atoms with E-state index in [9.17, 15) is 0 Å². The first-order chi connectivity index (χ1) is 12.7. The van der Waals surface area contributed by atoms with Crippen LogP contribution in [0, 0.1) is 0 Å². The minimum absolute atomic E-state index is 0. The Balaban J connectivity index is 0.00000261. The molecule has 1 fully saturated rings. The second-order valence-corrected chi connectivity index (χ2v) is 8.28. The SMILES string of the molecule is CCNC(=NCC(C)N1CCc2sccc2C1)N1CCC(OCC)CC1.I. The molecular weight excluding hydrogens is 471 g/mol. The minimum atomic E-state index is 0. The summed E-state index contributed by atoms with van der Waals surface area (Å²) in [5.41, 5.74) is 1.52. The molecule has 1 saturated heterocycles. The lowest BCUT2D eigenvalue weighted by atomic mass is 10.1. The molecule has 1 N–H and O–H groups in total. The largest absolute Gasteiger partial charge is 0.378 e. The maximum absolute atomic E-state index is 5.78. The number of guanidine groups is 1. The van der Waals surface area contributed by atoms with E-state index in [4.69, 9.17) is 9.73 Å². The summed E-state index contributed by atoms with van der Waals surface area (Å²) in [7, 11) is 0. The van der Waals surface area contributed by atoms with E-state index in [1.807, 2.05) is 11.3 Å². The zero-order chi connectivity index (χ0) is 18.4. The van der Waals surface area contributed by atoms with Gasteiger partial charge in [0.1, 0.15) is 0 Å². The first kappa shape index (κ1) is 22.9. The summed E-state index contributed by atoms with van der Waals surface area (Å²) in [6, 6.07) is 2.76. The standard InChI is InChI=1S/C20H34N4OS.HI/c1-4-21-20(23-10-6-18(7-11-23)25-5-2)22-14-16(3)24-12-8-19-17(15-24)9-13-26-19;/h9,13,16,18H,4-8,10-12,14-15H2,1-3H3,(H,21,22);1H. The highest BCUT2D eigenvalue weighted by Crippen LogP contribution is 2.25. The van der Waals surface area contributed by atoms with Crippen molar-refractivity contribution < 1.29 is 4.74 Å².